The molecule has 0 unspecified atom stereocenters. The van der Waals surface area contributed by atoms with Crippen LogP contribution in [0, 0.1) is 0 Å². The van der Waals surface area contributed by atoms with Crippen LogP contribution in [0.3, 0.4) is 0 Å². The molecule has 1 aromatic carbocycles. The van der Waals surface area contributed by atoms with Crippen LogP contribution in [-0.2, 0) is 17.4 Å². The molecular formula is C19H16F3N3OS2. The molecule has 0 bridgehead atoms. The summed E-state index contributed by atoms with van der Waals surface area (Å²) in [6.45, 7) is 2.01. The number of carbonyl (C=O) groups is 1. The van der Waals surface area contributed by atoms with Crippen LogP contribution >= 0.6 is 23.1 Å². The van der Waals surface area contributed by atoms with Gasteiger partial charge in [-0.1, -0.05) is 36.9 Å². The molecule has 1 N–H and O–H groups in total. The van der Waals surface area contributed by atoms with E-state index in [2.05, 4.69) is 15.3 Å². The Morgan fingerprint density at radius 1 is 1.18 bits per heavy atom. The van der Waals surface area contributed by atoms with Gasteiger partial charge in [0.25, 0.3) is 0 Å². The number of benzene rings is 1. The Kier molecular flexibility index (Phi) is 6.35. The van der Waals surface area contributed by atoms with Gasteiger partial charge in [-0.05, 0) is 41.6 Å². The molecule has 0 aliphatic heterocycles. The lowest BCUT2D eigenvalue weighted by atomic mass is 10.1. The predicted molar refractivity (Wildman–Crippen MR) is 106 cm³/mol. The SMILES string of the molecule is CCc1cccc(NC(=O)CSc2nc(-c3cccs3)cc(C(F)(F)F)n2)c1. The molecule has 0 atom stereocenters. The van der Waals surface area contributed by atoms with Gasteiger partial charge in [-0.3, -0.25) is 4.79 Å². The molecule has 0 radical (unpaired) electrons. The van der Waals surface area contributed by atoms with Crippen molar-refractivity contribution in [3.63, 3.8) is 0 Å². The minimum atomic E-state index is -4.59. The summed E-state index contributed by atoms with van der Waals surface area (Å²) >= 11 is 2.16. The van der Waals surface area contributed by atoms with Crippen LogP contribution in [0.5, 0.6) is 0 Å². The van der Waals surface area contributed by atoms with Crippen molar-refractivity contribution in [1.82, 2.24) is 9.97 Å². The molecule has 4 nitrogen and oxygen atoms in total. The minimum absolute atomic E-state index is 0.0873. The maximum Gasteiger partial charge on any atom is 0.433 e. The average Bonchev–Trinajstić information content (AvgIpc) is 3.20. The van der Waals surface area contributed by atoms with Crippen molar-refractivity contribution in [3.05, 3.63) is 59.1 Å². The lowest BCUT2D eigenvalue weighted by Crippen LogP contribution is -2.15. The predicted octanol–water partition coefficient (Wildman–Crippen LogP) is 5.52. The summed E-state index contributed by atoms with van der Waals surface area (Å²) in [5.74, 6) is -0.432. The summed E-state index contributed by atoms with van der Waals surface area (Å²) in [5, 5.41) is 4.41. The summed E-state index contributed by atoms with van der Waals surface area (Å²) < 4.78 is 39.5. The van der Waals surface area contributed by atoms with Crippen LogP contribution in [0.2, 0.25) is 0 Å². The van der Waals surface area contributed by atoms with Gasteiger partial charge in [0.05, 0.1) is 16.3 Å². The van der Waals surface area contributed by atoms with E-state index in [1.165, 1.54) is 11.3 Å². The van der Waals surface area contributed by atoms with Crippen molar-refractivity contribution in [2.75, 3.05) is 11.1 Å². The second-order valence-electron chi connectivity index (χ2n) is 5.79. The van der Waals surface area contributed by atoms with Crippen LogP contribution in [0.15, 0.2) is 53.0 Å². The van der Waals surface area contributed by atoms with E-state index < -0.39 is 11.9 Å². The number of hydrogen-bond acceptors (Lipinski definition) is 5. The Hall–Kier alpha value is -2.39. The summed E-state index contributed by atoms with van der Waals surface area (Å²) in [5.41, 5.74) is 0.891. The molecule has 2 heterocycles. The molecule has 0 spiro atoms. The second kappa shape index (κ2) is 8.74. The topological polar surface area (TPSA) is 54.9 Å². The van der Waals surface area contributed by atoms with Gasteiger partial charge in [0.2, 0.25) is 5.91 Å². The van der Waals surface area contributed by atoms with Crippen LogP contribution < -0.4 is 5.32 Å². The summed E-state index contributed by atoms with van der Waals surface area (Å²) in [6, 6.07) is 11.8. The quantitative estimate of drug-likeness (QED) is 0.419. The molecule has 1 amide bonds. The van der Waals surface area contributed by atoms with E-state index in [0.29, 0.717) is 10.6 Å². The number of aryl methyl sites for hydroxylation is 1. The van der Waals surface area contributed by atoms with Crippen LogP contribution in [0.4, 0.5) is 18.9 Å². The number of rotatable bonds is 6. The molecule has 0 fully saturated rings. The zero-order valence-corrected chi connectivity index (χ0v) is 16.4. The average molecular weight is 423 g/mol. The number of aromatic nitrogens is 2. The Morgan fingerprint density at radius 3 is 2.68 bits per heavy atom. The maximum absolute atomic E-state index is 13.2. The lowest BCUT2D eigenvalue weighted by Gasteiger charge is -2.10. The van der Waals surface area contributed by atoms with Crippen molar-refractivity contribution in [2.45, 2.75) is 24.7 Å². The van der Waals surface area contributed by atoms with Crippen molar-refractivity contribution < 1.29 is 18.0 Å². The largest absolute Gasteiger partial charge is 0.433 e. The standard InChI is InChI=1S/C19H16F3N3OS2/c1-2-12-5-3-6-13(9-12)23-17(26)11-28-18-24-14(15-7-4-8-27-15)10-16(25-18)19(20,21)22/h3-10H,2,11H2,1H3,(H,23,26). The van der Waals surface area contributed by atoms with Gasteiger partial charge >= 0.3 is 6.18 Å². The van der Waals surface area contributed by atoms with E-state index in [-0.39, 0.29) is 22.5 Å². The molecule has 0 aliphatic carbocycles. The Labute approximate surface area is 168 Å². The van der Waals surface area contributed by atoms with E-state index >= 15 is 0 Å². The van der Waals surface area contributed by atoms with Gasteiger partial charge in [0.15, 0.2) is 5.16 Å². The first-order valence-corrected chi connectivity index (χ1v) is 10.2. The third kappa shape index (κ3) is 5.32. The number of thiophene rings is 1. The fraction of sp³-hybridized carbons (Fsp3) is 0.211. The number of anilines is 1. The van der Waals surface area contributed by atoms with E-state index in [9.17, 15) is 18.0 Å². The molecule has 3 rings (SSSR count). The van der Waals surface area contributed by atoms with Gasteiger partial charge in [0.1, 0.15) is 5.69 Å². The monoisotopic (exact) mass is 423 g/mol. The summed E-state index contributed by atoms with van der Waals surface area (Å²) in [6.07, 6.45) is -3.75. The van der Waals surface area contributed by atoms with E-state index in [4.69, 9.17) is 0 Å². The maximum atomic E-state index is 13.2. The lowest BCUT2D eigenvalue weighted by molar-refractivity contribution is -0.141. The molecule has 0 aliphatic rings. The molecular weight excluding hydrogens is 407 g/mol. The first kappa shape index (κ1) is 20.3. The number of thioether (sulfide) groups is 1. The van der Waals surface area contributed by atoms with E-state index in [0.717, 1.165) is 29.8 Å². The molecule has 9 heteroatoms. The van der Waals surface area contributed by atoms with Crippen LogP contribution in [0.25, 0.3) is 10.6 Å². The molecule has 3 aromatic rings. The first-order chi connectivity index (χ1) is 13.3. The normalized spacial score (nSPS) is 11.4. The highest BCUT2D eigenvalue weighted by molar-refractivity contribution is 7.99. The number of hydrogen-bond donors (Lipinski definition) is 1. The highest BCUT2D eigenvalue weighted by Gasteiger charge is 2.34. The van der Waals surface area contributed by atoms with Crippen molar-refractivity contribution in [2.24, 2.45) is 0 Å². The molecule has 2 aromatic heterocycles. The third-order valence-corrected chi connectivity index (χ3v) is 5.46. The summed E-state index contributed by atoms with van der Waals surface area (Å²) in [4.78, 5) is 20.5. The Bertz CT molecular complexity index is 959. The number of carbonyl (C=O) groups excluding carboxylic acids is 1. The zero-order chi connectivity index (χ0) is 20.1. The highest BCUT2D eigenvalue weighted by atomic mass is 32.2. The molecule has 28 heavy (non-hydrogen) atoms. The molecule has 146 valence electrons. The third-order valence-electron chi connectivity index (χ3n) is 3.72. The smallest absolute Gasteiger partial charge is 0.325 e. The van der Waals surface area contributed by atoms with Gasteiger partial charge in [0, 0.05) is 5.69 Å². The van der Waals surface area contributed by atoms with Crippen molar-refractivity contribution in [3.8, 4) is 10.6 Å². The molecule has 0 saturated heterocycles. The number of halogens is 3. The van der Waals surface area contributed by atoms with Crippen molar-refractivity contribution in [1.29, 1.82) is 0 Å². The Balaban J connectivity index is 1.74. The zero-order valence-electron chi connectivity index (χ0n) is 14.8. The van der Waals surface area contributed by atoms with Gasteiger partial charge < -0.3 is 5.32 Å². The number of nitrogens with zero attached hydrogens (tertiary/aromatic N) is 2. The number of amides is 1. The fourth-order valence-corrected chi connectivity index (χ4v) is 3.73. The van der Waals surface area contributed by atoms with Crippen molar-refractivity contribution >= 4 is 34.7 Å². The first-order valence-electron chi connectivity index (χ1n) is 8.37. The highest BCUT2D eigenvalue weighted by Crippen LogP contribution is 2.33. The minimum Gasteiger partial charge on any atom is -0.325 e. The van der Waals surface area contributed by atoms with Crippen LogP contribution in [-0.4, -0.2) is 21.6 Å². The Morgan fingerprint density at radius 2 is 2.00 bits per heavy atom. The molecule has 0 saturated carbocycles. The van der Waals surface area contributed by atoms with E-state index in [1.54, 1.807) is 23.6 Å². The van der Waals surface area contributed by atoms with Gasteiger partial charge in [-0.2, -0.15) is 13.2 Å². The number of nitrogens with one attached hydrogen (secondary N) is 1. The summed E-state index contributed by atoms with van der Waals surface area (Å²) in [7, 11) is 0. The van der Waals surface area contributed by atoms with Gasteiger partial charge in [-0.25, -0.2) is 9.97 Å². The second-order valence-corrected chi connectivity index (χ2v) is 7.68. The number of alkyl halides is 3. The van der Waals surface area contributed by atoms with Crippen LogP contribution in [0.1, 0.15) is 18.2 Å². The van der Waals surface area contributed by atoms with Gasteiger partial charge in [-0.15, -0.1) is 11.3 Å². The van der Waals surface area contributed by atoms with E-state index in [1.807, 2.05) is 25.1 Å². The fourth-order valence-electron chi connectivity index (χ4n) is 2.38.